The molecule has 198 valence electrons. The number of ether oxygens (including phenoxy) is 1. The number of alkyl halides is 3. The van der Waals surface area contributed by atoms with Gasteiger partial charge in [0.1, 0.15) is 5.54 Å². The van der Waals surface area contributed by atoms with Gasteiger partial charge in [-0.3, -0.25) is 19.7 Å². The number of nitrogens with zero attached hydrogens (tertiary/aromatic N) is 2. The van der Waals surface area contributed by atoms with Crippen molar-refractivity contribution in [3.63, 3.8) is 0 Å². The maximum absolute atomic E-state index is 13.3. The number of non-ortho nitro benzene ring substituents is 1. The molecule has 0 aromatic heterocycles. The Bertz CT molecular complexity index is 1000. The van der Waals surface area contributed by atoms with Gasteiger partial charge >= 0.3 is 12.3 Å². The Balaban J connectivity index is 1.75. The lowest BCUT2D eigenvalue weighted by Crippen LogP contribution is -2.64. The topological polar surface area (TPSA) is 143 Å². The molecule has 14 heteroatoms. The van der Waals surface area contributed by atoms with E-state index in [1.54, 1.807) is 6.92 Å². The summed E-state index contributed by atoms with van der Waals surface area (Å²) in [4.78, 5) is 49.9. The van der Waals surface area contributed by atoms with E-state index in [0.29, 0.717) is 51.2 Å². The number of carbonyl (C=O) groups is 3. The van der Waals surface area contributed by atoms with Gasteiger partial charge in [0, 0.05) is 36.8 Å². The van der Waals surface area contributed by atoms with E-state index < -0.39 is 51.4 Å². The van der Waals surface area contributed by atoms with Crippen LogP contribution in [0.1, 0.15) is 48.5 Å². The maximum atomic E-state index is 13.3. The molecule has 0 saturated carbocycles. The van der Waals surface area contributed by atoms with Gasteiger partial charge in [-0.1, -0.05) is 0 Å². The first-order chi connectivity index (χ1) is 16.9. The molecule has 1 aromatic carbocycles. The number of carbonyl (C=O) groups excluding carboxylic acids is 3. The molecule has 2 aliphatic heterocycles. The van der Waals surface area contributed by atoms with Crippen molar-refractivity contribution < 1.29 is 37.2 Å². The second-order valence-corrected chi connectivity index (χ2v) is 8.74. The standard InChI is InChI=1S/C22H28F3N5O6/c1-2-36-20(33)29-9-3-16(4-10-29)27-19(32)21(5-7-26-8-6-21)28-18(31)14-11-15(22(23,24)25)13-17(12-14)30(34)35/h11-13,16,26H,2-10H2,1H3,(H,27,32)(H,28,31). The smallest absolute Gasteiger partial charge is 0.416 e. The summed E-state index contributed by atoms with van der Waals surface area (Å²) in [6.45, 7) is 3.45. The number of rotatable bonds is 6. The van der Waals surface area contributed by atoms with Crippen LogP contribution in [0.5, 0.6) is 0 Å². The third-order valence-electron chi connectivity index (χ3n) is 6.32. The summed E-state index contributed by atoms with van der Waals surface area (Å²) in [5.74, 6) is -1.51. The van der Waals surface area contributed by atoms with Crippen LogP contribution in [0.2, 0.25) is 0 Å². The van der Waals surface area contributed by atoms with Gasteiger partial charge in [0.2, 0.25) is 5.91 Å². The van der Waals surface area contributed by atoms with Crippen LogP contribution in [0.25, 0.3) is 0 Å². The lowest BCUT2D eigenvalue weighted by molar-refractivity contribution is -0.385. The molecule has 0 aliphatic carbocycles. The number of amides is 3. The Morgan fingerprint density at radius 1 is 1.19 bits per heavy atom. The number of nitro benzene ring substituents is 1. The van der Waals surface area contributed by atoms with Crippen LogP contribution in [0.4, 0.5) is 23.7 Å². The summed E-state index contributed by atoms with van der Waals surface area (Å²) >= 11 is 0. The fraction of sp³-hybridized carbons (Fsp3) is 0.591. The van der Waals surface area contributed by atoms with Crippen LogP contribution < -0.4 is 16.0 Å². The molecule has 0 radical (unpaired) electrons. The molecule has 3 amide bonds. The highest BCUT2D eigenvalue weighted by Crippen LogP contribution is 2.33. The average Bonchev–Trinajstić information content (AvgIpc) is 2.84. The number of hydrogen-bond acceptors (Lipinski definition) is 7. The highest BCUT2D eigenvalue weighted by atomic mass is 19.4. The van der Waals surface area contributed by atoms with Gasteiger partial charge in [-0.05, 0) is 51.8 Å². The van der Waals surface area contributed by atoms with Crippen molar-refractivity contribution in [2.75, 3.05) is 32.8 Å². The third-order valence-corrected chi connectivity index (χ3v) is 6.32. The van der Waals surface area contributed by atoms with E-state index in [-0.39, 0.29) is 25.5 Å². The van der Waals surface area contributed by atoms with Crippen LogP contribution >= 0.6 is 0 Å². The zero-order valence-electron chi connectivity index (χ0n) is 19.7. The predicted octanol–water partition coefficient (Wildman–Crippen LogP) is 2.20. The van der Waals surface area contributed by atoms with Crippen molar-refractivity contribution in [1.82, 2.24) is 20.9 Å². The maximum Gasteiger partial charge on any atom is 0.416 e. The predicted molar refractivity (Wildman–Crippen MR) is 120 cm³/mol. The van der Waals surface area contributed by atoms with Gasteiger partial charge in [0.15, 0.2) is 0 Å². The zero-order chi connectivity index (χ0) is 26.5. The van der Waals surface area contributed by atoms with E-state index in [2.05, 4.69) is 16.0 Å². The molecule has 11 nitrogen and oxygen atoms in total. The molecule has 3 N–H and O–H groups in total. The Labute approximate surface area is 204 Å². The third kappa shape index (κ3) is 6.42. The van der Waals surface area contributed by atoms with E-state index in [1.165, 1.54) is 4.90 Å². The molecular formula is C22H28F3N5O6. The number of piperidine rings is 2. The number of nitro groups is 1. The summed E-state index contributed by atoms with van der Waals surface area (Å²) in [6, 6.07) is 1.36. The molecule has 3 rings (SSSR count). The van der Waals surface area contributed by atoms with Crippen LogP contribution in [0.3, 0.4) is 0 Å². The molecule has 0 spiro atoms. The molecule has 2 saturated heterocycles. The summed E-state index contributed by atoms with van der Waals surface area (Å²) in [7, 11) is 0. The molecule has 36 heavy (non-hydrogen) atoms. The lowest BCUT2D eigenvalue weighted by Gasteiger charge is -2.39. The molecule has 0 bridgehead atoms. The first-order valence-electron chi connectivity index (χ1n) is 11.6. The van der Waals surface area contributed by atoms with E-state index in [1.807, 2.05) is 0 Å². The Hall–Kier alpha value is -3.42. The van der Waals surface area contributed by atoms with Crippen LogP contribution in [-0.2, 0) is 15.7 Å². The van der Waals surface area contributed by atoms with Crippen LogP contribution in [0.15, 0.2) is 18.2 Å². The van der Waals surface area contributed by atoms with Gasteiger partial charge in [-0.2, -0.15) is 13.2 Å². The first-order valence-corrected chi connectivity index (χ1v) is 11.6. The van der Waals surface area contributed by atoms with Gasteiger partial charge in [-0.25, -0.2) is 4.79 Å². The fourth-order valence-electron chi connectivity index (χ4n) is 4.31. The number of benzene rings is 1. The van der Waals surface area contributed by atoms with Crippen molar-refractivity contribution in [1.29, 1.82) is 0 Å². The lowest BCUT2D eigenvalue weighted by atomic mass is 9.86. The summed E-state index contributed by atoms with van der Waals surface area (Å²) in [6.07, 6.45) is -4.05. The second kappa shape index (κ2) is 11.1. The van der Waals surface area contributed by atoms with Crippen LogP contribution in [-0.4, -0.2) is 72.1 Å². The minimum absolute atomic E-state index is 0.174. The number of nitrogens with one attached hydrogen (secondary N) is 3. The molecule has 2 aliphatic rings. The van der Waals surface area contributed by atoms with Crippen molar-refractivity contribution in [2.24, 2.45) is 0 Å². The van der Waals surface area contributed by atoms with E-state index in [0.717, 1.165) is 6.07 Å². The highest BCUT2D eigenvalue weighted by molar-refractivity contribution is 6.00. The Morgan fingerprint density at radius 2 is 1.83 bits per heavy atom. The minimum atomic E-state index is -4.90. The molecule has 2 fully saturated rings. The Kier molecular flexibility index (Phi) is 8.38. The van der Waals surface area contributed by atoms with Gasteiger partial charge in [0.25, 0.3) is 11.6 Å². The largest absolute Gasteiger partial charge is 0.450 e. The van der Waals surface area contributed by atoms with Gasteiger partial charge in [-0.15, -0.1) is 0 Å². The fourth-order valence-corrected chi connectivity index (χ4v) is 4.31. The van der Waals surface area contributed by atoms with Crippen molar-refractivity contribution in [3.05, 3.63) is 39.4 Å². The number of hydrogen-bond donors (Lipinski definition) is 3. The van der Waals surface area contributed by atoms with Gasteiger partial charge < -0.3 is 25.6 Å². The SMILES string of the molecule is CCOC(=O)N1CCC(NC(=O)C2(NC(=O)c3cc([N+](=O)[O-])cc(C(F)(F)F)c3)CCNCC2)CC1. The Morgan fingerprint density at radius 3 is 2.39 bits per heavy atom. The van der Waals surface area contributed by atoms with E-state index in [4.69, 9.17) is 4.74 Å². The zero-order valence-corrected chi connectivity index (χ0v) is 19.7. The molecule has 2 heterocycles. The molecule has 1 aromatic rings. The summed E-state index contributed by atoms with van der Waals surface area (Å²) < 4.78 is 44.8. The summed E-state index contributed by atoms with van der Waals surface area (Å²) in [5, 5.41) is 19.7. The molecule has 0 unspecified atom stereocenters. The highest BCUT2D eigenvalue weighted by Gasteiger charge is 2.43. The van der Waals surface area contributed by atoms with Gasteiger partial charge in [0.05, 0.1) is 17.1 Å². The normalized spacial score (nSPS) is 18.3. The second-order valence-electron chi connectivity index (χ2n) is 8.74. The monoisotopic (exact) mass is 515 g/mol. The minimum Gasteiger partial charge on any atom is -0.450 e. The van der Waals surface area contributed by atoms with E-state index in [9.17, 15) is 37.7 Å². The molecular weight excluding hydrogens is 487 g/mol. The van der Waals surface area contributed by atoms with Crippen LogP contribution in [0, 0.1) is 10.1 Å². The number of halogens is 3. The molecule has 0 atom stereocenters. The quantitative estimate of drug-likeness (QED) is 0.389. The van der Waals surface area contributed by atoms with E-state index >= 15 is 0 Å². The van der Waals surface area contributed by atoms with Crippen molar-refractivity contribution >= 4 is 23.6 Å². The average molecular weight is 515 g/mol. The van der Waals surface area contributed by atoms with Crippen molar-refractivity contribution in [2.45, 2.75) is 50.4 Å². The number of likely N-dealkylation sites (tertiary alicyclic amines) is 1. The first kappa shape index (κ1) is 27.2. The van der Waals surface area contributed by atoms with Crippen molar-refractivity contribution in [3.8, 4) is 0 Å². The summed E-state index contributed by atoms with van der Waals surface area (Å²) in [5.41, 5.74) is -4.19.